The molecule has 1 aliphatic heterocycles. The molecule has 0 amide bonds. The van der Waals surface area contributed by atoms with Crippen LogP contribution in [-0.2, 0) is 10.0 Å². The lowest BCUT2D eigenvalue weighted by molar-refractivity contribution is 0.481. The Morgan fingerprint density at radius 1 is 1.53 bits per heavy atom. The molecule has 1 heterocycles. The highest BCUT2D eigenvalue weighted by atomic mass is 35.5. The van der Waals surface area contributed by atoms with Crippen LogP contribution in [0.3, 0.4) is 0 Å². The normalized spacial score (nSPS) is 19.4. The van der Waals surface area contributed by atoms with Crippen molar-refractivity contribution < 1.29 is 12.8 Å². The minimum absolute atomic E-state index is 0.00245. The summed E-state index contributed by atoms with van der Waals surface area (Å²) in [5.74, 6) is -0.636. The maximum Gasteiger partial charge on any atom is 0.246 e. The standard InChI is InChI=1S/C8H8ClFN2O2S/c1-12-4-11-7-3-6(10)5(9)2-8(7)15(12,13)14/h2-3,11H,4H2,1H3. The molecule has 0 saturated heterocycles. The summed E-state index contributed by atoms with van der Waals surface area (Å²) in [5.41, 5.74) is 0.245. The first-order valence-corrected chi connectivity index (χ1v) is 5.94. The van der Waals surface area contributed by atoms with Gasteiger partial charge in [0.15, 0.2) is 0 Å². The first-order valence-electron chi connectivity index (χ1n) is 4.12. The van der Waals surface area contributed by atoms with Crippen LogP contribution >= 0.6 is 11.6 Å². The van der Waals surface area contributed by atoms with Gasteiger partial charge in [0.25, 0.3) is 0 Å². The number of hydrogen-bond donors (Lipinski definition) is 1. The van der Waals surface area contributed by atoms with Gasteiger partial charge in [0.1, 0.15) is 10.7 Å². The summed E-state index contributed by atoms with van der Waals surface area (Å²) in [5, 5.41) is 2.58. The van der Waals surface area contributed by atoms with E-state index in [1.807, 2.05) is 0 Å². The van der Waals surface area contributed by atoms with Crippen molar-refractivity contribution in [2.75, 3.05) is 19.0 Å². The van der Waals surface area contributed by atoms with Crippen LogP contribution in [0.15, 0.2) is 17.0 Å². The van der Waals surface area contributed by atoms with E-state index in [9.17, 15) is 12.8 Å². The highest BCUT2D eigenvalue weighted by molar-refractivity contribution is 7.89. The van der Waals surface area contributed by atoms with Gasteiger partial charge in [-0.2, -0.15) is 4.31 Å². The SMILES string of the molecule is CN1CNc2cc(F)c(Cl)cc2S1(=O)=O. The lowest BCUT2D eigenvalue weighted by Gasteiger charge is -2.26. The van der Waals surface area contributed by atoms with Crippen LogP contribution in [0.25, 0.3) is 0 Å². The molecule has 0 spiro atoms. The minimum atomic E-state index is -3.54. The molecular weight excluding hydrogens is 243 g/mol. The highest BCUT2D eigenvalue weighted by Crippen LogP contribution is 2.32. The molecule has 0 fully saturated rings. The van der Waals surface area contributed by atoms with Crippen molar-refractivity contribution in [3.8, 4) is 0 Å². The zero-order valence-electron chi connectivity index (χ0n) is 7.79. The Hall–Kier alpha value is -0.850. The molecule has 0 atom stereocenters. The molecule has 1 aromatic carbocycles. The van der Waals surface area contributed by atoms with E-state index < -0.39 is 15.8 Å². The smallest absolute Gasteiger partial charge is 0.246 e. The summed E-state index contributed by atoms with van der Waals surface area (Å²) in [6.07, 6.45) is 0. The molecule has 1 N–H and O–H groups in total. The van der Waals surface area contributed by atoms with Crippen molar-refractivity contribution in [1.29, 1.82) is 0 Å². The first-order chi connectivity index (χ1) is 6.93. The molecule has 0 aromatic heterocycles. The summed E-state index contributed by atoms with van der Waals surface area (Å²) in [6.45, 7) is 0.121. The number of fused-ring (bicyclic) bond motifs is 1. The van der Waals surface area contributed by atoms with E-state index in [0.29, 0.717) is 0 Å². The fraction of sp³-hybridized carbons (Fsp3) is 0.250. The van der Waals surface area contributed by atoms with Gasteiger partial charge in [0.05, 0.1) is 17.4 Å². The van der Waals surface area contributed by atoms with Gasteiger partial charge in [-0.25, -0.2) is 12.8 Å². The summed E-state index contributed by atoms with van der Waals surface area (Å²) in [6, 6.07) is 2.20. The molecule has 1 aliphatic rings. The van der Waals surface area contributed by atoms with Gasteiger partial charge in [0.2, 0.25) is 10.0 Å². The van der Waals surface area contributed by atoms with Crippen molar-refractivity contribution in [2.45, 2.75) is 4.90 Å². The number of hydrogen-bond acceptors (Lipinski definition) is 3. The van der Waals surface area contributed by atoms with Crippen LogP contribution in [0.4, 0.5) is 10.1 Å². The van der Waals surface area contributed by atoms with Crippen LogP contribution in [0, 0.1) is 5.82 Å². The third kappa shape index (κ3) is 1.58. The molecule has 0 unspecified atom stereocenters. The number of sulfonamides is 1. The van der Waals surface area contributed by atoms with E-state index >= 15 is 0 Å². The van der Waals surface area contributed by atoms with Crippen LogP contribution in [0.2, 0.25) is 5.02 Å². The second-order valence-corrected chi connectivity index (χ2v) is 5.62. The maximum absolute atomic E-state index is 13.1. The fourth-order valence-electron chi connectivity index (χ4n) is 1.33. The van der Waals surface area contributed by atoms with Crippen molar-refractivity contribution >= 4 is 27.3 Å². The minimum Gasteiger partial charge on any atom is -0.370 e. The van der Waals surface area contributed by atoms with Gasteiger partial charge < -0.3 is 5.32 Å². The Bertz CT molecular complexity index is 518. The van der Waals surface area contributed by atoms with Crippen molar-refractivity contribution in [2.24, 2.45) is 0 Å². The largest absolute Gasteiger partial charge is 0.370 e. The Kier molecular flexibility index (Phi) is 2.37. The van der Waals surface area contributed by atoms with Gasteiger partial charge in [-0.1, -0.05) is 11.6 Å². The van der Waals surface area contributed by atoms with Gasteiger partial charge in [-0.3, -0.25) is 0 Å². The predicted octanol–water partition coefficient (Wildman–Crippen LogP) is 1.48. The van der Waals surface area contributed by atoms with Crippen LogP contribution in [0.1, 0.15) is 0 Å². The van der Waals surface area contributed by atoms with Gasteiger partial charge >= 0.3 is 0 Å². The van der Waals surface area contributed by atoms with Crippen LogP contribution in [-0.4, -0.2) is 26.4 Å². The molecule has 4 nitrogen and oxygen atoms in total. The fourth-order valence-corrected chi connectivity index (χ4v) is 2.80. The Labute approximate surface area is 91.7 Å². The zero-order valence-corrected chi connectivity index (χ0v) is 9.36. The molecule has 82 valence electrons. The molecule has 1 aromatic rings. The van der Waals surface area contributed by atoms with E-state index in [2.05, 4.69) is 5.32 Å². The molecule has 2 rings (SSSR count). The second kappa shape index (κ2) is 3.33. The number of nitrogens with one attached hydrogen (secondary N) is 1. The Balaban J connectivity index is 2.70. The lowest BCUT2D eigenvalue weighted by Crippen LogP contribution is -2.36. The van der Waals surface area contributed by atoms with Crippen LogP contribution < -0.4 is 5.32 Å². The van der Waals surface area contributed by atoms with E-state index in [1.54, 1.807) is 0 Å². The van der Waals surface area contributed by atoms with Crippen molar-refractivity contribution in [1.82, 2.24) is 4.31 Å². The number of halogens is 2. The molecule has 0 bridgehead atoms. The molecule has 0 aliphatic carbocycles. The molecular formula is C8H8ClFN2O2S. The molecule has 15 heavy (non-hydrogen) atoms. The number of nitrogens with zero attached hydrogens (tertiary/aromatic N) is 1. The monoisotopic (exact) mass is 250 g/mol. The van der Waals surface area contributed by atoms with E-state index in [0.717, 1.165) is 16.4 Å². The van der Waals surface area contributed by atoms with Crippen LogP contribution in [0.5, 0.6) is 0 Å². The predicted molar refractivity (Wildman–Crippen MR) is 54.8 cm³/mol. The average Bonchev–Trinajstić information content (AvgIpc) is 2.16. The van der Waals surface area contributed by atoms with Crippen molar-refractivity contribution in [3.05, 3.63) is 23.0 Å². The lowest BCUT2D eigenvalue weighted by atomic mass is 10.3. The summed E-state index contributed by atoms with van der Waals surface area (Å²) >= 11 is 5.53. The first kappa shape index (κ1) is 10.7. The topological polar surface area (TPSA) is 49.4 Å². The maximum atomic E-state index is 13.1. The third-order valence-corrected chi connectivity index (χ3v) is 4.34. The number of anilines is 1. The molecule has 0 radical (unpaired) electrons. The summed E-state index contributed by atoms with van der Waals surface area (Å²) in [7, 11) is -2.11. The zero-order chi connectivity index (χ0) is 11.2. The molecule has 0 saturated carbocycles. The number of benzene rings is 1. The van der Waals surface area contributed by atoms with Gasteiger partial charge in [-0.05, 0) is 12.1 Å². The summed E-state index contributed by atoms with van der Waals surface area (Å²) < 4.78 is 37.7. The van der Waals surface area contributed by atoms with Gasteiger partial charge in [0, 0.05) is 7.05 Å². The Morgan fingerprint density at radius 3 is 2.87 bits per heavy atom. The molecule has 7 heteroatoms. The highest BCUT2D eigenvalue weighted by Gasteiger charge is 2.29. The van der Waals surface area contributed by atoms with E-state index in [-0.39, 0.29) is 22.3 Å². The Morgan fingerprint density at radius 2 is 2.20 bits per heavy atom. The quantitative estimate of drug-likeness (QED) is 0.759. The average molecular weight is 251 g/mol. The second-order valence-electron chi connectivity index (χ2n) is 3.20. The van der Waals surface area contributed by atoms with Gasteiger partial charge in [-0.15, -0.1) is 0 Å². The number of rotatable bonds is 0. The van der Waals surface area contributed by atoms with E-state index in [4.69, 9.17) is 11.6 Å². The third-order valence-electron chi connectivity index (χ3n) is 2.20. The van der Waals surface area contributed by atoms with E-state index in [1.165, 1.54) is 7.05 Å². The summed E-state index contributed by atoms with van der Waals surface area (Å²) in [4.78, 5) is 0.00245. The van der Waals surface area contributed by atoms with Crippen molar-refractivity contribution in [3.63, 3.8) is 0 Å².